The molecule has 0 radical (unpaired) electrons. The monoisotopic (exact) mass is 461 g/mol. The predicted octanol–water partition coefficient (Wildman–Crippen LogP) is 4.35. The van der Waals surface area contributed by atoms with E-state index in [0.717, 1.165) is 23.1 Å². The fraction of sp³-hybridized carbons (Fsp3) is 0.654. The number of hydrogen-bond acceptors (Lipinski definition) is 6. The minimum atomic E-state index is -0.861. The number of carbonyl (C=O) groups is 3. The topological polar surface area (TPSA) is 90.9 Å². The first-order chi connectivity index (χ1) is 15.3. The maximum atomic E-state index is 13.1. The van der Waals surface area contributed by atoms with E-state index in [-0.39, 0.29) is 30.3 Å². The van der Waals surface area contributed by atoms with Gasteiger partial charge in [0.2, 0.25) is 12.2 Å². The molecule has 184 valence electrons. The summed E-state index contributed by atoms with van der Waals surface area (Å²) in [7, 11) is 0. The van der Waals surface area contributed by atoms with E-state index in [9.17, 15) is 14.4 Å². The van der Waals surface area contributed by atoms with Gasteiger partial charge in [-0.2, -0.15) is 0 Å². The molecule has 1 aromatic rings. The summed E-state index contributed by atoms with van der Waals surface area (Å²) in [6, 6.07) is 3.38. The van der Waals surface area contributed by atoms with Crippen LogP contribution in [-0.2, 0) is 29.3 Å². The molecular weight excluding hydrogens is 422 g/mol. The number of rotatable bonds is 7. The van der Waals surface area contributed by atoms with E-state index in [2.05, 4.69) is 12.2 Å². The highest BCUT2D eigenvalue weighted by atomic mass is 16.7. The summed E-state index contributed by atoms with van der Waals surface area (Å²) in [6.07, 6.45) is -0.0869. The molecule has 1 aliphatic rings. The summed E-state index contributed by atoms with van der Waals surface area (Å²) in [5, 5.41) is 2.90. The van der Waals surface area contributed by atoms with Crippen LogP contribution in [0.3, 0.4) is 0 Å². The number of hydrogen-bond donors (Lipinski definition) is 1. The van der Waals surface area contributed by atoms with Gasteiger partial charge in [-0.1, -0.05) is 40.7 Å². The van der Waals surface area contributed by atoms with Crippen LogP contribution in [0, 0.1) is 25.7 Å². The quantitative estimate of drug-likeness (QED) is 0.479. The maximum Gasteiger partial charge on any atom is 0.309 e. The van der Waals surface area contributed by atoms with Crippen molar-refractivity contribution in [2.75, 3.05) is 0 Å². The summed E-state index contributed by atoms with van der Waals surface area (Å²) in [5.41, 5.74) is 2.02. The van der Waals surface area contributed by atoms with Crippen molar-refractivity contribution < 1.29 is 28.6 Å². The van der Waals surface area contributed by atoms with Crippen molar-refractivity contribution in [2.45, 2.75) is 99.0 Å². The van der Waals surface area contributed by atoms with Crippen LogP contribution < -0.4 is 10.1 Å². The molecule has 0 saturated carbocycles. The standard InChI is InChI=1S/C26H39NO6/c1-10-20-16(4)17(5)24(27-18(6)28)25(32-20)33-22(30)13-26(8,9)23-15(3)11-14(2)12-21(23)31-19(7)29/h11-12,16-17,20,24-25H,10,13H2,1-9H3,(H,27,28)/t16-,17-,20?,24?,25+/m0/s1. The van der Waals surface area contributed by atoms with Crippen LogP contribution in [0.15, 0.2) is 12.1 Å². The van der Waals surface area contributed by atoms with Crippen LogP contribution in [0.25, 0.3) is 0 Å². The van der Waals surface area contributed by atoms with E-state index in [1.807, 2.05) is 53.7 Å². The van der Waals surface area contributed by atoms with E-state index in [1.165, 1.54) is 13.8 Å². The van der Waals surface area contributed by atoms with Gasteiger partial charge in [0.15, 0.2) is 0 Å². The predicted molar refractivity (Wildman–Crippen MR) is 126 cm³/mol. The molecule has 1 N–H and O–H groups in total. The van der Waals surface area contributed by atoms with E-state index in [4.69, 9.17) is 14.2 Å². The average molecular weight is 462 g/mol. The first-order valence-corrected chi connectivity index (χ1v) is 11.7. The normalized spacial score (nSPS) is 25.3. The second kappa shape index (κ2) is 10.7. The zero-order valence-corrected chi connectivity index (χ0v) is 21.4. The van der Waals surface area contributed by atoms with E-state index in [1.54, 1.807) is 0 Å². The summed E-state index contributed by atoms with van der Waals surface area (Å²) in [4.78, 5) is 36.6. The van der Waals surface area contributed by atoms with Crippen LogP contribution in [0.5, 0.6) is 5.75 Å². The number of ether oxygens (including phenoxy) is 3. The molecule has 33 heavy (non-hydrogen) atoms. The van der Waals surface area contributed by atoms with Crippen LogP contribution in [0.4, 0.5) is 0 Å². The third-order valence-corrected chi connectivity index (χ3v) is 6.56. The van der Waals surface area contributed by atoms with Crippen molar-refractivity contribution in [2.24, 2.45) is 11.8 Å². The molecule has 1 fully saturated rings. The Morgan fingerprint density at radius 1 is 1.09 bits per heavy atom. The summed E-state index contributed by atoms with van der Waals surface area (Å²) in [5.74, 6) is -0.308. The molecule has 0 aromatic heterocycles. The molecule has 7 heteroatoms. The lowest BCUT2D eigenvalue weighted by Crippen LogP contribution is -2.58. The number of nitrogens with one attached hydrogen (secondary N) is 1. The Hall–Kier alpha value is -2.41. The van der Waals surface area contributed by atoms with Crippen LogP contribution in [0.2, 0.25) is 0 Å². The van der Waals surface area contributed by atoms with Gasteiger partial charge in [0.1, 0.15) is 5.75 Å². The highest BCUT2D eigenvalue weighted by Crippen LogP contribution is 2.39. The van der Waals surface area contributed by atoms with Gasteiger partial charge in [0.25, 0.3) is 0 Å². The minimum absolute atomic E-state index is 0.0541. The maximum absolute atomic E-state index is 13.1. The second-order valence-electron chi connectivity index (χ2n) is 9.99. The molecule has 7 nitrogen and oxygen atoms in total. The van der Waals surface area contributed by atoms with Gasteiger partial charge >= 0.3 is 11.9 Å². The first-order valence-electron chi connectivity index (χ1n) is 11.7. The molecule has 0 aliphatic carbocycles. The Kier molecular flexibility index (Phi) is 8.69. The third-order valence-electron chi connectivity index (χ3n) is 6.56. The molecule has 1 saturated heterocycles. The molecule has 0 bridgehead atoms. The number of aryl methyl sites for hydroxylation is 2. The number of amides is 1. The van der Waals surface area contributed by atoms with E-state index < -0.39 is 29.7 Å². The number of esters is 2. The van der Waals surface area contributed by atoms with Crippen molar-refractivity contribution in [1.82, 2.24) is 5.32 Å². The lowest BCUT2D eigenvalue weighted by molar-refractivity contribution is -0.233. The third kappa shape index (κ3) is 6.56. The average Bonchev–Trinajstić information content (AvgIpc) is 2.65. The first kappa shape index (κ1) is 26.8. The second-order valence-corrected chi connectivity index (χ2v) is 9.99. The van der Waals surface area contributed by atoms with Gasteiger partial charge in [0.05, 0.1) is 18.6 Å². The zero-order valence-electron chi connectivity index (χ0n) is 21.4. The van der Waals surface area contributed by atoms with Crippen molar-refractivity contribution in [3.05, 3.63) is 28.8 Å². The van der Waals surface area contributed by atoms with Crippen LogP contribution >= 0.6 is 0 Å². The van der Waals surface area contributed by atoms with Crippen molar-refractivity contribution in [1.29, 1.82) is 0 Å². The van der Waals surface area contributed by atoms with Crippen molar-refractivity contribution in [3.63, 3.8) is 0 Å². The molecule has 0 spiro atoms. The Labute approximate surface area is 197 Å². The lowest BCUT2D eigenvalue weighted by Gasteiger charge is -2.44. The molecule has 1 aliphatic heterocycles. The molecule has 1 aromatic carbocycles. The number of benzene rings is 1. The van der Waals surface area contributed by atoms with Gasteiger partial charge in [0, 0.05) is 24.8 Å². The Bertz CT molecular complexity index is 893. The Morgan fingerprint density at radius 2 is 1.73 bits per heavy atom. The van der Waals surface area contributed by atoms with E-state index in [0.29, 0.717) is 5.75 Å². The van der Waals surface area contributed by atoms with Crippen LogP contribution in [0.1, 0.15) is 78.0 Å². The van der Waals surface area contributed by atoms with Gasteiger partial charge in [-0.25, -0.2) is 0 Å². The van der Waals surface area contributed by atoms with Gasteiger partial charge in [-0.05, 0) is 49.3 Å². The fourth-order valence-electron chi connectivity index (χ4n) is 4.95. The van der Waals surface area contributed by atoms with Crippen LogP contribution in [-0.4, -0.2) is 36.3 Å². The van der Waals surface area contributed by atoms with Gasteiger partial charge < -0.3 is 19.5 Å². The smallest absolute Gasteiger partial charge is 0.309 e. The molecule has 2 unspecified atom stereocenters. The van der Waals surface area contributed by atoms with Crippen molar-refractivity contribution in [3.8, 4) is 5.75 Å². The number of carbonyl (C=O) groups excluding carboxylic acids is 3. The highest BCUT2D eigenvalue weighted by Gasteiger charge is 2.44. The van der Waals surface area contributed by atoms with Gasteiger partial charge in [-0.3, -0.25) is 14.4 Å². The summed E-state index contributed by atoms with van der Waals surface area (Å²) in [6.45, 7) is 16.7. The van der Waals surface area contributed by atoms with Crippen molar-refractivity contribution >= 4 is 17.8 Å². The minimum Gasteiger partial charge on any atom is -0.433 e. The van der Waals surface area contributed by atoms with E-state index >= 15 is 0 Å². The highest BCUT2D eigenvalue weighted by molar-refractivity contribution is 5.75. The molecule has 1 amide bonds. The fourth-order valence-corrected chi connectivity index (χ4v) is 4.95. The molecular formula is C26H39NO6. The largest absolute Gasteiger partial charge is 0.433 e. The Balaban J connectivity index is 2.28. The van der Waals surface area contributed by atoms with Gasteiger partial charge in [-0.15, -0.1) is 0 Å². The SMILES string of the molecule is CCC1O[C@H](OC(=O)CC(C)(C)c2c(C)cc(C)cc2OC(C)=O)C(NC(C)=O)[C@@H](C)[C@@H]1C. The Morgan fingerprint density at radius 3 is 2.27 bits per heavy atom. The summed E-state index contributed by atoms with van der Waals surface area (Å²) < 4.78 is 17.4. The summed E-state index contributed by atoms with van der Waals surface area (Å²) >= 11 is 0. The lowest BCUT2D eigenvalue weighted by atomic mass is 9.78. The zero-order chi connectivity index (χ0) is 25.1. The molecule has 5 atom stereocenters. The molecule has 2 rings (SSSR count). The molecule has 1 heterocycles.